The third kappa shape index (κ3) is 2.57. The Morgan fingerprint density at radius 3 is 2.65 bits per heavy atom. The van der Waals surface area contributed by atoms with Crippen LogP contribution in [0, 0.1) is 24.6 Å². The standard InChI is InChI=1S/C18H14FN/c1-14-4-6-15(7-5-14)3-2-11-20-12-10-16-8-9-17(19)13-18(16)20/h4-10,12-13H,11H2,1H3. The fraction of sp³-hybridized carbons (Fsp3) is 0.111. The van der Waals surface area contributed by atoms with E-state index in [1.807, 2.05) is 41.1 Å². The van der Waals surface area contributed by atoms with Crippen LogP contribution in [-0.4, -0.2) is 4.57 Å². The molecule has 0 spiro atoms. The van der Waals surface area contributed by atoms with Crippen molar-refractivity contribution in [2.75, 3.05) is 0 Å². The number of rotatable bonds is 1. The Kier molecular flexibility index (Phi) is 3.26. The minimum absolute atomic E-state index is 0.219. The van der Waals surface area contributed by atoms with E-state index in [0.717, 1.165) is 16.5 Å². The smallest absolute Gasteiger partial charge is 0.125 e. The quantitative estimate of drug-likeness (QED) is 0.581. The number of hydrogen-bond donors (Lipinski definition) is 0. The number of hydrogen-bond acceptors (Lipinski definition) is 0. The third-order valence-corrected chi connectivity index (χ3v) is 3.27. The van der Waals surface area contributed by atoms with Gasteiger partial charge in [0, 0.05) is 11.8 Å². The Hall–Kier alpha value is -2.53. The summed E-state index contributed by atoms with van der Waals surface area (Å²) >= 11 is 0. The lowest BCUT2D eigenvalue weighted by Crippen LogP contribution is -1.93. The van der Waals surface area contributed by atoms with Gasteiger partial charge in [-0.25, -0.2) is 4.39 Å². The summed E-state index contributed by atoms with van der Waals surface area (Å²) in [6, 6.07) is 14.9. The molecule has 0 aliphatic heterocycles. The summed E-state index contributed by atoms with van der Waals surface area (Å²) in [5.74, 6) is 6.03. The number of fused-ring (bicyclic) bond motifs is 1. The number of aromatic nitrogens is 1. The molecule has 0 saturated carbocycles. The minimum atomic E-state index is -0.219. The van der Waals surface area contributed by atoms with Gasteiger partial charge >= 0.3 is 0 Å². The molecule has 0 fully saturated rings. The lowest BCUT2D eigenvalue weighted by molar-refractivity contribution is 0.628. The van der Waals surface area contributed by atoms with E-state index < -0.39 is 0 Å². The molecule has 1 heterocycles. The van der Waals surface area contributed by atoms with Gasteiger partial charge in [-0.2, -0.15) is 0 Å². The zero-order valence-corrected chi connectivity index (χ0v) is 11.2. The summed E-state index contributed by atoms with van der Waals surface area (Å²) in [5, 5.41) is 1.03. The monoisotopic (exact) mass is 263 g/mol. The van der Waals surface area contributed by atoms with E-state index in [9.17, 15) is 4.39 Å². The van der Waals surface area contributed by atoms with Crippen LogP contribution < -0.4 is 0 Å². The largest absolute Gasteiger partial charge is 0.336 e. The normalized spacial score (nSPS) is 10.3. The van der Waals surface area contributed by atoms with Crippen LogP contribution >= 0.6 is 0 Å². The summed E-state index contributed by atoms with van der Waals surface area (Å²) < 4.78 is 15.2. The number of benzene rings is 2. The molecular weight excluding hydrogens is 249 g/mol. The van der Waals surface area contributed by atoms with Crippen molar-refractivity contribution in [3.63, 3.8) is 0 Å². The fourth-order valence-electron chi connectivity index (χ4n) is 2.16. The molecule has 0 unspecified atom stereocenters. The second-order valence-corrected chi connectivity index (χ2v) is 4.81. The highest BCUT2D eigenvalue weighted by Gasteiger charge is 2.00. The van der Waals surface area contributed by atoms with Gasteiger partial charge in [-0.15, -0.1) is 0 Å². The molecule has 0 saturated heterocycles. The zero-order valence-electron chi connectivity index (χ0n) is 11.2. The van der Waals surface area contributed by atoms with Crippen LogP contribution in [0.15, 0.2) is 54.7 Å². The maximum absolute atomic E-state index is 13.3. The van der Waals surface area contributed by atoms with Crippen LogP contribution in [0.1, 0.15) is 11.1 Å². The van der Waals surface area contributed by atoms with Gasteiger partial charge in [0.05, 0.1) is 12.1 Å². The highest BCUT2D eigenvalue weighted by atomic mass is 19.1. The van der Waals surface area contributed by atoms with Gasteiger partial charge in [0.15, 0.2) is 0 Å². The maximum atomic E-state index is 13.3. The molecule has 2 aromatic carbocycles. The lowest BCUT2D eigenvalue weighted by atomic mass is 10.1. The van der Waals surface area contributed by atoms with E-state index >= 15 is 0 Å². The van der Waals surface area contributed by atoms with Crippen LogP contribution in [0.25, 0.3) is 10.9 Å². The summed E-state index contributed by atoms with van der Waals surface area (Å²) in [7, 11) is 0. The predicted molar refractivity (Wildman–Crippen MR) is 80.0 cm³/mol. The van der Waals surface area contributed by atoms with E-state index in [-0.39, 0.29) is 5.82 Å². The van der Waals surface area contributed by atoms with E-state index in [2.05, 4.69) is 18.8 Å². The Morgan fingerprint density at radius 1 is 1.05 bits per heavy atom. The first-order valence-corrected chi connectivity index (χ1v) is 6.52. The van der Waals surface area contributed by atoms with Gasteiger partial charge in [0.1, 0.15) is 5.82 Å². The van der Waals surface area contributed by atoms with Gasteiger partial charge in [0.2, 0.25) is 0 Å². The Balaban J connectivity index is 1.84. The minimum Gasteiger partial charge on any atom is -0.336 e. The van der Waals surface area contributed by atoms with Crippen molar-refractivity contribution in [1.82, 2.24) is 4.57 Å². The molecule has 0 atom stereocenters. The Morgan fingerprint density at radius 2 is 1.85 bits per heavy atom. The zero-order chi connectivity index (χ0) is 13.9. The van der Waals surface area contributed by atoms with Crippen molar-refractivity contribution in [2.24, 2.45) is 0 Å². The molecule has 0 aliphatic carbocycles. The van der Waals surface area contributed by atoms with Crippen LogP contribution in [-0.2, 0) is 6.54 Å². The second-order valence-electron chi connectivity index (χ2n) is 4.81. The molecule has 0 aliphatic rings. The number of nitrogens with zero attached hydrogens (tertiary/aromatic N) is 1. The van der Waals surface area contributed by atoms with Gasteiger partial charge in [-0.05, 0) is 48.7 Å². The molecule has 0 radical (unpaired) electrons. The highest BCUT2D eigenvalue weighted by molar-refractivity contribution is 5.80. The molecule has 98 valence electrons. The van der Waals surface area contributed by atoms with Crippen LogP contribution in [0.5, 0.6) is 0 Å². The molecule has 2 heteroatoms. The van der Waals surface area contributed by atoms with Crippen molar-refractivity contribution in [1.29, 1.82) is 0 Å². The summed E-state index contributed by atoms with van der Waals surface area (Å²) in [6.07, 6.45) is 1.94. The molecular formula is C18H14FN. The SMILES string of the molecule is Cc1ccc(C#CCn2ccc3ccc(F)cc32)cc1. The number of halogens is 1. The first-order chi connectivity index (χ1) is 9.72. The van der Waals surface area contributed by atoms with E-state index in [1.165, 1.54) is 11.6 Å². The second kappa shape index (κ2) is 5.22. The van der Waals surface area contributed by atoms with Gasteiger partial charge < -0.3 is 4.57 Å². The average Bonchev–Trinajstić information content (AvgIpc) is 2.84. The topological polar surface area (TPSA) is 4.93 Å². The van der Waals surface area contributed by atoms with Crippen molar-refractivity contribution < 1.29 is 4.39 Å². The van der Waals surface area contributed by atoms with Crippen molar-refractivity contribution in [3.8, 4) is 11.8 Å². The molecule has 1 nitrogen and oxygen atoms in total. The molecule has 3 aromatic rings. The first kappa shape index (κ1) is 12.5. The molecule has 0 amide bonds. The van der Waals surface area contributed by atoms with Crippen LogP contribution in [0.2, 0.25) is 0 Å². The van der Waals surface area contributed by atoms with Gasteiger partial charge in [-0.1, -0.05) is 29.5 Å². The molecule has 20 heavy (non-hydrogen) atoms. The van der Waals surface area contributed by atoms with Crippen molar-refractivity contribution in [3.05, 3.63) is 71.7 Å². The predicted octanol–water partition coefficient (Wildman–Crippen LogP) is 4.14. The Bertz CT molecular complexity index is 801. The van der Waals surface area contributed by atoms with Gasteiger partial charge in [0.25, 0.3) is 0 Å². The van der Waals surface area contributed by atoms with E-state index in [4.69, 9.17) is 0 Å². The summed E-state index contributed by atoms with van der Waals surface area (Å²) in [6.45, 7) is 2.61. The Labute approximate surface area is 117 Å². The fourth-order valence-corrected chi connectivity index (χ4v) is 2.16. The molecule has 1 aromatic heterocycles. The van der Waals surface area contributed by atoms with Crippen LogP contribution in [0.3, 0.4) is 0 Å². The summed E-state index contributed by atoms with van der Waals surface area (Å²) in [4.78, 5) is 0. The molecule has 3 rings (SSSR count). The maximum Gasteiger partial charge on any atom is 0.125 e. The molecule has 0 N–H and O–H groups in total. The van der Waals surface area contributed by atoms with Crippen LogP contribution in [0.4, 0.5) is 4.39 Å². The van der Waals surface area contributed by atoms with Gasteiger partial charge in [-0.3, -0.25) is 0 Å². The van der Waals surface area contributed by atoms with E-state index in [0.29, 0.717) is 6.54 Å². The lowest BCUT2D eigenvalue weighted by Gasteiger charge is -1.99. The number of aryl methyl sites for hydroxylation is 1. The summed E-state index contributed by atoms with van der Waals surface area (Å²) in [5.41, 5.74) is 3.10. The highest BCUT2D eigenvalue weighted by Crippen LogP contribution is 2.16. The third-order valence-electron chi connectivity index (χ3n) is 3.27. The van der Waals surface area contributed by atoms with Crippen molar-refractivity contribution >= 4 is 10.9 Å². The van der Waals surface area contributed by atoms with Crippen molar-refractivity contribution in [2.45, 2.75) is 13.5 Å². The first-order valence-electron chi connectivity index (χ1n) is 6.52. The van der Waals surface area contributed by atoms with E-state index in [1.54, 1.807) is 12.1 Å². The molecule has 0 bridgehead atoms. The average molecular weight is 263 g/mol.